The van der Waals surface area contributed by atoms with Gasteiger partial charge in [0.05, 0.1) is 23.9 Å². The highest BCUT2D eigenvalue weighted by atomic mass is 32.1. The van der Waals surface area contributed by atoms with Crippen LogP contribution in [0.15, 0.2) is 0 Å². The normalized spacial score (nSPS) is 19.6. The number of methoxy groups -OCH3 is 1. The van der Waals surface area contributed by atoms with Gasteiger partial charge in [-0.25, -0.2) is 4.98 Å². The first-order valence-corrected chi connectivity index (χ1v) is 7.42. The molecule has 1 aliphatic rings. The van der Waals surface area contributed by atoms with Crippen LogP contribution in [-0.4, -0.2) is 31.9 Å². The number of hydrogen-bond acceptors (Lipinski definition) is 5. The van der Waals surface area contributed by atoms with E-state index in [1.807, 2.05) is 11.3 Å². The molecule has 0 spiro atoms. The van der Waals surface area contributed by atoms with E-state index in [1.165, 1.54) is 9.88 Å². The first kappa shape index (κ1) is 13.9. The molecule has 1 saturated heterocycles. The van der Waals surface area contributed by atoms with Gasteiger partial charge in [0.25, 0.3) is 0 Å². The van der Waals surface area contributed by atoms with Crippen molar-refractivity contribution in [2.45, 2.75) is 38.8 Å². The summed E-state index contributed by atoms with van der Waals surface area (Å²) >= 11 is 1.81. The van der Waals surface area contributed by atoms with Gasteiger partial charge in [-0.2, -0.15) is 0 Å². The SMILES string of the molecule is CCCNCc1sc(C2CCOC2)nc1COC. The third kappa shape index (κ3) is 3.51. The number of nitrogens with zero attached hydrogens (tertiary/aromatic N) is 1. The molecule has 0 radical (unpaired) electrons. The molecule has 0 amide bonds. The molecule has 5 heteroatoms. The summed E-state index contributed by atoms with van der Waals surface area (Å²) in [6, 6.07) is 0. The zero-order valence-electron chi connectivity index (χ0n) is 11.2. The molecule has 0 bridgehead atoms. The van der Waals surface area contributed by atoms with E-state index in [-0.39, 0.29) is 0 Å². The molecule has 4 nitrogen and oxygen atoms in total. The molecule has 2 heterocycles. The van der Waals surface area contributed by atoms with Gasteiger partial charge in [0.15, 0.2) is 0 Å². The van der Waals surface area contributed by atoms with Crippen LogP contribution in [0.1, 0.15) is 41.3 Å². The van der Waals surface area contributed by atoms with Gasteiger partial charge < -0.3 is 14.8 Å². The number of rotatable bonds is 7. The van der Waals surface area contributed by atoms with Crippen LogP contribution in [0.5, 0.6) is 0 Å². The Morgan fingerprint density at radius 1 is 1.56 bits per heavy atom. The zero-order chi connectivity index (χ0) is 12.8. The van der Waals surface area contributed by atoms with Crippen LogP contribution in [0.25, 0.3) is 0 Å². The van der Waals surface area contributed by atoms with Crippen molar-refractivity contribution in [1.82, 2.24) is 10.3 Å². The molecule has 0 aliphatic carbocycles. The first-order valence-electron chi connectivity index (χ1n) is 6.61. The van der Waals surface area contributed by atoms with Crippen LogP contribution < -0.4 is 5.32 Å². The van der Waals surface area contributed by atoms with Crippen molar-refractivity contribution in [2.75, 3.05) is 26.9 Å². The average molecular weight is 270 g/mol. The lowest BCUT2D eigenvalue weighted by Gasteiger charge is -2.02. The largest absolute Gasteiger partial charge is 0.381 e. The van der Waals surface area contributed by atoms with Gasteiger partial charge in [0.1, 0.15) is 0 Å². The molecule has 1 aromatic heterocycles. The van der Waals surface area contributed by atoms with Gasteiger partial charge >= 0.3 is 0 Å². The maximum Gasteiger partial charge on any atom is 0.0987 e. The molecule has 102 valence electrons. The summed E-state index contributed by atoms with van der Waals surface area (Å²) in [5.41, 5.74) is 1.09. The van der Waals surface area contributed by atoms with E-state index >= 15 is 0 Å². The van der Waals surface area contributed by atoms with E-state index in [1.54, 1.807) is 7.11 Å². The summed E-state index contributed by atoms with van der Waals surface area (Å²) in [5, 5.41) is 4.65. The first-order chi connectivity index (χ1) is 8.85. The summed E-state index contributed by atoms with van der Waals surface area (Å²) in [7, 11) is 1.72. The highest BCUT2D eigenvalue weighted by Crippen LogP contribution is 2.31. The van der Waals surface area contributed by atoms with Crippen LogP contribution in [0, 0.1) is 0 Å². The Morgan fingerprint density at radius 3 is 3.11 bits per heavy atom. The van der Waals surface area contributed by atoms with Crippen LogP contribution in [-0.2, 0) is 22.6 Å². The predicted molar refractivity (Wildman–Crippen MR) is 73.0 cm³/mol. The highest BCUT2D eigenvalue weighted by Gasteiger charge is 2.23. The van der Waals surface area contributed by atoms with E-state index in [2.05, 4.69) is 12.2 Å². The number of nitrogens with one attached hydrogen (secondary N) is 1. The van der Waals surface area contributed by atoms with Crippen LogP contribution in [0.2, 0.25) is 0 Å². The quantitative estimate of drug-likeness (QED) is 0.772. The summed E-state index contributed by atoms with van der Waals surface area (Å²) in [6.07, 6.45) is 2.25. The minimum Gasteiger partial charge on any atom is -0.381 e. The molecular formula is C13H22N2O2S. The minimum atomic E-state index is 0.491. The third-order valence-corrected chi connectivity index (χ3v) is 4.33. The molecule has 1 fully saturated rings. The van der Waals surface area contributed by atoms with Crippen molar-refractivity contribution >= 4 is 11.3 Å². The van der Waals surface area contributed by atoms with Gasteiger partial charge in [0.2, 0.25) is 0 Å². The van der Waals surface area contributed by atoms with Crippen LogP contribution in [0.3, 0.4) is 0 Å². The van der Waals surface area contributed by atoms with Crippen molar-refractivity contribution in [3.05, 3.63) is 15.6 Å². The summed E-state index contributed by atoms with van der Waals surface area (Å²) < 4.78 is 10.7. The molecule has 1 N–H and O–H groups in total. The Hall–Kier alpha value is -0.490. The fraction of sp³-hybridized carbons (Fsp3) is 0.769. The summed E-state index contributed by atoms with van der Waals surface area (Å²) in [6.45, 7) is 6.42. The number of aromatic nitrogens is 1. The smallest absolute Gasteiger partial charge is 0.0987 e. The van der Waals surface area contributed by atoms with E-state index in [0.29, 0.717) is 12.5 Å². The molecular weight excluding hydrogens is 248 g/mol. The van der Waals surface area contributed by atoms with Crippen molar-refractivity contribution in [3.8, 4) is 0 Å². The molecule has 1 atom stereocenters. The maximum atomic E-state index is 5.44. The molecule has 0 saturated carbocycles. The topological polar surface area (TPSA) is 43.4 Å². The summed E-state index contributed by atoms with van der Waals surface area (Å²) in [5.74, 6) is 0.491. The fourth-order valence-corrected chi connectivity index (χ4v) is 3.23. The van der Waals surface area contributed by atoms with Crippen molar-refractivity contribution in [2.24, 2.45) is 0 Å². The second-order valence-corrected chi connectivity index (χ2v) is 5.71. The molecule has 18 heavy (non-hydrogen) atoms. The second-order valence-electron chi connectivity index (χ2n) is 4.59. The lowest BCUT2D eigenvalue weighted by molar-refractivity contribution is 0.180. The zero-order valence-corrected chi connectivity index (χ0v) is 12.0. The molecule has 1 unspecified atom stereocenters. The van der Waals surface area contributed by atoms with E-state index in [0.717, 1.165) is 44.8 Å². The third-order valence-electron chi connectivity index (χ3n) is 3.07. The molecule has 2 rings (SSSR count). The Morgan fingerprint density at radius 2 is 2.44 bits per heavy atom. The van der Waals surface area contributed by atoms with Crippen LogP contribution in [0.4, 0.5) is 0 Å². The van der Waals surface area contributed by atoms with E-state index in [9.17, 15) is 0 Å². The van der Waals surface area contributed by atoms with Crippen molar-refractivity contribution in [1.29, 1.82) is 0 Å². The Balaban J connectivity index is 2.04. The monoisotopic (exact) mass is 270 g/mol. The van der Waals surface area contributed by atoms with Crippen molar-refractivity contribution in [3.63, 3.8) is 0 Å². The Bertz CT molecular complexity index is 362. The Kier molecular flexibility index (Phi) is 5.56. The summed E-state index contributed by atoms with van der Waals surface area (Å²) in [4.78, 5) is 6.05. The fourth-order valence-electron chi connectivity index (χ4n) is 2.07. The lowest BCUT2D eigenvalue weighted by Crippen LogP contribution is -2.14. The minimum absolute atomic E-state index is 0.491. The van der Waals surface area contributed by atoms with Crippen molar-refractivity contribution < 1.29 is 9.47 Å². The number of hydrogen-bond donors (Lipinski definition) is 1. The molecule has 0 aromatic carbocycles. The predicted octanol–water partition coefficient (Wildman–Crippen LogP) is 2.29. The average Bonchev–Trinajstić information content (AvgIpc) is 2.99. The molecule has 1 aliphatic heterocycles. The van der Waals surface area contributed by atoms with E-state index in [4.69, 9.17) is 14.5 Å². The van der Waals surface area contributed by atoms with Gasteiger partial charge in [-0.3, -0.25) is 0 Å². The van der Waals surface area contributed by atoms with Gasteiger partial charge in [-0.05, 0) is 19.4 Å². The second kappa shape index (κ2) is 7.19. The van der Waals surface area contributed by atoms with Crippen LogP contribution >= 0.6 is 11.3 Å². The highest BCUT2D eigenvalue weighted by molar-refractivity contribution is 7.11. The lowest BCUT2D eigenvalue weighted by atomic mass is 10.1. The number of ether oxygens (including phenoxy) is 2. The van der Waals surface area contributed by atoms with E-state index < -0.39 is 0 Å². The maximum absolute atomic E-state index is 5.44. The Labute approximate surface area is 113 Å². The standard InChI is InChI=1S/C13H22N2O2S/c1-3-5-14-7-12-11(9-16-2)15-13(18-12)10-4-6-17-8-10/h10,14H,3-9H2,1-2H3. The van der Waals surface area contributed by atoms with Gasteiger partial charge in [-0.15, -0.1) is 11.3 Å². The molecule has 1 aromatic rings. The van der Waals surface area contributed by atoms with Gasteiger partial charge in [0, 0.05) is 31.1 Å². The number of thiazole rings is 1. The van der Waals surface area contributed by atoms with Gasteiger partial charge in [-0.1, -0.05) is 6.92 Å².